The van der Waals surface area contributed by atoms with Crippen LogP contribution in [0.4, 0.5) is 14.7 Å². The van der Waals surface area contributed by atoms with Gasteiger partial charge >= 0.3 is 0 Å². The molecule has 0 bridgehead atoms. The van der Waals surface area contributed by atoms with E-state index in [1.807, 2.05) is 0 Å². The zero-order valence-electron chi connectivity index (χ0n) is 8.32. The number of nitrogens with two attached hydrogens (primary N) is 1. The molecule has 2 aromatic rings. The molecule has 0 unspecified atom stereocenters. The number of rotatable bonds is 2. The Kier molecular flexibility index (Phi) is 3.19. The Labute approximate surface area is 104 Å². The molecule has 4 nitrogen and oxygen atoms in total. The highest BCUT2D eigenvalue weighted by Gasteiger charge is 2.10. The van der Waals surface area contributed by atoms with Crippen molar-refractivity contribution in [1.29, 1.82) is 0 Å². The maximum atomic E-state index is 13.3. The minimum absolute atomic E-state index is 0.00859. The fraction of sp³-hybridized carbons (Fsp3) is 0. The summed E-state index contributed by atoms with van der Waals surface area (Å²) in [6.45, 7) is 0. The van der Waals surface area contributed by atoms with Crippen molar-refractivity contribution in [3.63, 3.8) is 0 Å². The fourth-order valence-corrected chi connectivity index (χ4v) is 1.37. The van der Waals surface area contributed by atoms with Gasteiger partial charge in [-0.25, -0.2) is 13.8 Å². The zero-order chi connectivity index (χ0) is 12.4. The van der Waals surface area contributed by atoms with Crippen LogP contribution < -0.4 is 10.5 Å². The number of nitrogens with zero attached hydrogens (tertiary/aromatic N) is 2. The second kappa shape index (κ2) is 4.62. The second-order valence-electron chi connectivity index (χ2n) is 3.06. The van der Waals surface area contributed by atoms with E-state index in [4.69, 9.17) is 10.5 Å². The van der Waals surface area contributed by atoms with Crippen LogP contribution >= 0.6 is 15.9 Å². The molecule has 0 aliphatic heterocycles. The lowest BCUT2D eigenvalue weighted by Gasteiger charge is -2.07. The normalized spacial score (nSPS) is 10.3. The molecule has 0 saturated heterocycles. The lowest BCUT2D eigenvalue weighted by Crippen LogP contribution is -1.98. The van der Waals surface area contributed by atoms with Gasteiger partial charge in [-0.2, -0.15) is 4.98 Å². The van der Waals surface area contributed by atoms with Gasteiger partial charge in [-0.1, -0.05) is 0 Å². The van der Waals surface area contributed by atoms with Crippen LogP contribution in [0.5, 0.6) is 11.6 Å². The first-order valence-electron chi connectivity index (χ1n) is 4.47. The third-order valence-corrected chi connectivity index (χ3v) is 2.38. The first kappa shape index (κ1) is 11.7. The molecule has 0 atom stereocenters. The lowest BCUT2D eigenvalue weighted by molar-refractivity contribution is 0.421. The summed E-state index contributed by atoms with van der Waals surface area (Å²) in [4.78, 5) is 7.47. The van der Waals surface area contributed by atoms with Gasteiger partial charge in [0.25, 0.3) is 0 Å². The van der Waals surface area contributed by atoms with Gasteiger partial charge < -0.3 is 10.5 Å². The third-order valence-electron chi connectivity index (χ3n) is 1.83. The molecule has 1 aromatic carbocycles. The molecular formula is C10H6BrF2N3O. The predicted octanol–water partition coefficient (Wildman–Crippen LogP) is 2.89. The average molecular weight is 302 g/mol. The van der Waals surface area contributed by atoms with E-state index in [9.17, 15) is 8.78 Å². The van der Waals surface area contributed by atoms with E-state index in [-0.39, 0.29) is 17.6 Å². The number of anilines is 1. The van der Waals surface area contributed by atoms with E-state index >= 15 is 0 Å². The first-order valence-corrected chi connectivity index (χ1v) is 5.26. The molecule has 0 saturated carbocycles. The predicted molar refractivity (Wildman–Crippen MR) is 60.6 cm³/mol. The summed E-state index contributed by atoms with van der Waals surface area (Å²) in [5, 5.41) is 0. The highest BCUT2D eigenvalue weighted by atomic mass is 79.9. The minimum Gasteiger partial charge on any atom is -0.435 e. The molecule has 2 rings (SSSR count). The van der Waals surface area contributed by atoms with Crippen molar-refractivity contribution in [2.75, 3.05) is 5.73 Å². The molecule has 0 amide bonds. The van der Waals surface area contributed by atoms with Gasteiger partial charge in [0.15, 0.2) is 11.6 Å². The van der Waals surface area contributed by atoms with Gasteiger partial charge in [0, 0.05) is 6.07 Å². The monoisotopic (exact) mass is 301 g/mol. The van der Waals surface area contributed by atoms with Crippen LogP contribution in [0.25, 0.3) is 0 Å². The number of halogens is 3. The Morgan fingerprint density at radius 1 is 1.29 bits per heavy atom. The van der Waals surface area contributed by atoms with Gasteiger partial charge in [0.05, 0.1) is 10.7 Å². The molecule has 88 valence electrons. The molecule has 0 fully saturated rings. The minimum atomic E-state index is -0.825. The largest absolute Gasteiger partial charge is 0.435 e. The van der Waals surface area contributed by atoms with E-state index in [2.05, 4.69) is 25.9 Å². The Balaban J connectivity index is 2.34. The van der Waals surface area contributed by atoms with Crippen molar-refractivity contribution in [2.24, 2.45) is 0 Å². The van der Waals surface area contributed by atoms with Crippen LogP contribution in [0.15, 0.2) is 28.9 Å². The van der Waals surface area contributed by atoms with Gasteiger partial charge in [-0.15, -0.1) is 0 Å². The van der Waals surface area contributed by atoms with E-state index in [1.165, 1.54) is 6.20 Å². The van der Waals surface area contributed by atoms with Crippen molar-refractivity contribution in [1.82, 2.24) is 9.97 Å². The lowest BCUT2D eigenvalue weighted by atomic mass is 10.3. The molecular weight excluding hydrogens is 296 g/mol. The van der Waals surface area contributed by atoms with Crippen molar-refractivity contribution in [3.8, 4) is 11.6 Å². The summed E-state index contributed by atoms with van der Waals surface area (Å²) in [6, 6.07) is 2.96. The van der Waals surface area contributed by atoms with Gasteiger partial charge in [0.1, 0.15) is 5.82 Å². The van der Waals surface area contributed by atoms with E-state index < -0.39 is 11.6 Å². The summed E-state index contributed by atoms with van der Waals surface area (Å²) in [7, 11) is 0. The van der Waals surface area contributed by atoms with E-state index in [0.717, 1.165) is 12.1 Å². The number of aromatic nitrogens is 2. The molecule has 1 aromatic heterocycles. The van der Waals surface area contributed by atoms with Crippen LogP contribution in [0.2, 0.25) is 0 Å². The Hall–Kier alpha value is -1.76. The maximum Gasteiger partial charge on any atom is 0.238 e. The average Bonchev–Trinajstić information content (AvgIpc) is 2.27. The molecule has 1 heterocycles. The van der Waals surface area contributed by atoms with Gasteiger partial charge in [-0.3, -0.25) is 0 Å². The maximum absolute atomic E-state index is 13.3. The molecule has 17 heavy (non-hydrogen) atoms. The Morgan fingerprint density at radius 3 is 2.76 bits per heavy atom. The van der Waals surface area contributed by atoms with Crippen molar-refractivity contribution in [3.05, 3.63) is 40.5 Å². The molecule has 0 spiro atoms. The highest BCUT2D eigenvalue weighted by molar-refractivity contribution is 9.10. The van der Waals surface area contributed by atoms with Crippen LogP contribution in [-0.2, 0) is 0 Å². The number of hydrogen-bond donors (Lipinski definition) is 1. The van der Waals surface area contributed by atoms with Gasteiger partial charge in [0.2, 0.25) is 11.8 Å². The molecule has 0 aliphatic carbocycles. The SMILES string of the molecule is Nc1ncc(Br)c(Oc2ccc(F)cc2F)n1. The summed E-state index contributed by atoms with van der Waals surface area (Å²) < 4.78 is 31.6. The molecule has 0 aliphatic rings. The Morgan fingerprint density at radius 2 is 2.06 bits per heavy atom. The third kappa shape index (κ3) is 2.68. The highest BCUT2D eigenvalue weighted by Crippen LogP contribution is 2.29. The van der Waals surface area contributed by atoms with E-state index in [1.54, 1.807) is 0 Å². The van der Waals surface area contributed by atoms with E-state index in [0.29, 0.717) is 10.5 Å². The smallest absolute Gasteiger partial charge is 0.238 e. The number of ether oxygens (including phenoxy) is 1. The van der Waals surface area contributed by atoms with Crippen LogP contribution in [-0.4, -0.2) is 9.97 Å². The summed E-state index contributed by atoms with van der Waals surface area (Å²) in [5.74, 6) is -1.61. The fourth-order valence-electron chi connectivity index (χ4n) is 1.10. The molecule has 7 heteroatoms. The second-order valence-corrected chi connectivity index (χ2v) is 3.91. The van der Waals surface area contributed by atoms with Crippen LogP contribution in [0.3, 0.4) is 0 Å². The quantitative estimate of drug-likeness (QED) is 0.926. The number of benzene rings is 1. The number of nitrogen functional groups attached to an aromatic ring is 1. The molecule has 0 radical (unpaired) electrons. The van der Waals surface area contributed by atoms with Crippen molar-refractivity contribution >= 4 is 21.9 Å². The van der Waals surface area contributed by atoms with Crippen molar-refractivity contribution < 1.29 is 13.5 Å². The Bertz CT molecular complexity index is 565. The first-order chi connectivity index (χ1) is 8.06. The molecule has 2 N–H and O–H groups in total. The van der Waals surface area contributed by atoms with Gasteiger partial charge in [-0.05, 0) is 28.1 Å². The zero-order valence-corrected chi connectivity index (χ0v) is 9.91. The topological polar surface area (TPSA) is 61.0 Å². The van der Waals surface area contributed by atoms with Crippen LogP contribution in [0.1, 0.15) is 0 Å². The number of hydrogen-bond acceptors (Lipinski definition) is 4. The van der Waals surface area contributed by atoms with Crippen molar-refractivity contribution in [2.45, 2.75) is 0 Å². The van der Waals surface area contributed by atoms with Crippen LogP contribution in [0, 0.1) is 11.6 Å². The summed E-state index contributed by atoms with van der Waals surface area (Å²) in [5.41, 5.74) is 5.37. The summed E-state index contributed by atoms with van der Waals surface area (Å²) in [6.07, 6.45) is 1.37. The summed E-state index contributed by atoms with van der Waals surface area (Å²) >= 11 is 3.12. The standard InChI is InChI=1S/C10H6BrF2N3O/c11-6-4-15-10(14)16-9(6)17-8-2-1-5(12)3-7(8)13/h1-4H,(H2,14,15,16).